The number of aromatic nitrogens is 2. The standard InChI is InChI=1S/C23H21N3O4/c27-21(9-10-22(28)26-12-11-15-5-1-4-8-20(15)26)25-19(23(29)30)13-16-14-24-18-7-3-2-6-17(16)18/h1-8,11-12,14,19,24H,9-10,13H2,(H,25,27)(H,29,30). The molecule has 0 fully saturated rings. The number of fused-ring (bicyclic) bond motifs is 2. The van der Waals surface area contributed by atoms with Gasteiger partial charge in [0.15, 0.2) is 0 Å². The second kappa shape index (κ2) is 8.24. The second-order valence-electron chi connectivity index (χ2n) is 7.16. The molecule has 4 aromatic rings. The lowest BCUT2D eigenvalue weighted by Crippen LogP contribution is -2.42. The molecule has 0 saturated heterocycles. The van der Waals surface area contributed by atoms with Crippen molar-refractivity contribution in [1.82, 2.24) is 14.9 Å². The number of H-pyrrole nitrogens is 1. The molecule has 2 aromatic heterocycles. The quantitative estimate of drug-likeness (QED) is 0.440. The lowest BCUT2D eigenvalue weighted by Gasteiger charge is -2.14. The minimum atomic E-state index is -1.11. The molecule has 1 unspecified atom stereocenters. The van der Waals surface area contributed by atoms with E-state index in [2.05, 4.69) is 10.3 Å². The van der Waals surface area contributed by atoms with Gasteiger partial charge in [-0.1, -0.05) is 36.4 Å². The molecule has 7 heteroatoms. The van der Waals surface area contributed by atoms with Crippen molar-refractivity contribution in [2.75, 3.05) is 0 Å². The lowest BCUT2D eigenvalue weighted by atomic mass is 10.0. The molecule has 0 aliphatic carbocycles. The molecule has 0 radical (unpaired) electrons. The number of rotatable bonds is 7. The van der Waals surface area contributed by atoms with Gasteiger partial charge in [0.1, 0.15) is 6.04 Å². The van der Waals surface area contributed by atoms with Gasteiger partial charge < -0.3 is 15.4 Å². The summed E-state index contributed by atoms with van der Waals surface area (Å²) < 4.78 is 1.52. The van der Waals surface area contributed by atoms with E-state index in [1.54, 1.807) is 12.4 Å². The lowest BCUT2D eigenvalue weighted by molar-refractivity contribution is -0.141. The third-order valence-corrected chi connectivity index (χ3v) is 5.17. The van der Waals surface area contributed by atoms with Gasteiger partial charge in [-0.2, -0.15) is 0 Å². The molecule has 4 rings (SSSR count). The van der Waals surface area contributed by atoms with Crippen LogP contribution < -0.4 is 5.32 Å². The van der Waals surface area contributed by atoms with Crippen LogP contribution in [0.15, 0.2) is 67.0 Å². The normalized spacial score (nSPS) is 12.1. The fourth-order valence-electron chi connectivity index (χ4n) is 3.63. The van der Waals surface area contributed by atoms with Gasteiger partial charge in [0, 0.05) is 47.9 Å². The van der Waals surface area contributed by atoms with Gasteiger partial charge in [0.2, 0.25) is 11.8 Å². The highest BCUT2D eigenvalue weighted by atomic mass is 16.4. The van der Waals surface area contributed by atoms with Gasteiger partial charge >= 0.3 is 5.97 Å². The predicted molar refractivity (Wildman–Crippen MR) is 113 cm³/mol. The number of para-hydroxylation sites is 2. The van der Waals surface area contributed by atoms with Crippen LogP contribution in [-0.2, 0) is 16.0 Å². The predicted octanol–water partition coefficient (Wildman–Crippen LogP) is 3.36. The minimum absolute atomic E-state index is 0.00999. The summed E-state index contributed by atoms with van der Waals surface area (Å²) in [5.74, 6) is -1.79. The Morgan fingerprint density at radius 3 is 2.60 bits per heavy atom. The van der Waals surface area contributed by atoms with E-state index in [-0.39, 0.29) is 25.2 Å². The maximum atomic E-state index is 12.5. The van der Waals surface area contributed by atoms with Crippen molar-refractivity contribution in [3.8, 4) is 0 Å². The number of carboxylic acid groups (broad SMARTS) is 1. The average molecular weight is 403 g/mol. The zero-order chi connectivity index (χ0) is 21.1. The van der Waals surface area contributed by atoms with Gasteiger partial charge in [0.05, 0.1) is 5.52 Å². The van der Waals surface area contributed by atoms with Crippen molar-refractivity contribution in [2.24, 2.45) is 0 Å². The monoisotopic (exact) mass is 403 g/mol. The first kappa shape index (κ1) is 19.4. The third kappa shape index (κ3) is 3.96. The molecule has 0 spiro atoms. The number of hydrogen-bond donors (Lipinski definition) is 3. The largest absolute Gasteiger partial charge is 0.480 e. The molecule has 152 valence electrons. The molecular formula is C23H21N3O4. The number of nitrogens with zero attached hydrogens (tertiary/aromatic N) is 1. The van der Waals surface area contributed by atoms with Crippen molar-refractivity contribution in [2.45, 2.75) is 25.3 Å². The van der Waals surface area contributed by atoms with Crippen molar-refractivity contribution < 1.29 is 19.5 Å². The second-order valence-corrected chi connectivity index (χ2v) is 7.16. The zero-order valence-corrected chi connectivity index (χ0v) is 16.2. The molecule has 1 amide bonds. The van der Waals surface area contributed by atoms with E-state index >= 15 is 0 Å². The molecule has 0 saturated carbocycles. The number of amides is 1. The Labute approximate surface area is 172 Å². The van der Waals surface area contributed by atoms with Gasteiger partial charge in [-0.15, -0.1) is 0 Å². The molecule has 0 aliphatic rings. The van der Waals surface area contributed by atoms with E-state index in [1.165, 1.54) is 4.57 Å². The summed E-state index contributed by atoms with van der Waals surface area (Å²) in [5, 5.41) is 14.0. The van der Waals surface area contributed by atoms with Crippen LogP contribution in [0.5, 0.6) is 0 Å². The first-order valence-electron chi connectivity index (χ1n) is 9.69. The summed E-state index contributed by atoms with van der Waals surface area (Å²) in [6.45, 7) is 0. The first-order chi connectivity index (χ1) is 14.5. The molecule has 2 aromatic carbocycles. The number of carbonyl (C=O) groups is 3. The maximum Gasteiger partial charge on any atom is 0.326 e. The van der Waals surface area contributed by atoms with E-state index in [4.69, 9.17) is 0 Å². The molecule has 0 bridgehead atoms. The Morgan fingerprint density at radius 2 is 1.77 bits per heavy atom. The number of hydrogen-bond acceptors (Lipinski definition) is 3. The topological polar surface area (TPSA) is 104 Å². The third-order valence-electron chi connectivity index (χ3n) is 5.17. The summed E-state index contributed by atoms with van der Waals surface area (Å²) in [5.41, 5.74) is 2.51. The van der Waals surface area contributed by atoms with E-state index in [0.717, 1.165) is 27.4 Å². The number of carbonyl (C=O) groups excluding carboxylic acids is 2. The fraction of sp³-hybridized carbons (Fsp3) is 0.174. The number of nitrogens with one attached hydrogen (secondary N) is 2. The number of aromatic amines is 1. The highest BCUT2D eigenvalue weighted by molar-refractivity contribution is 5.94. The van der Waals surface area contributed by atoms with Crippen molar-refractivity contribution in [1.29, 1.82) is 0 Å². The highest BCUT2D eigenvalue weighted by Gasteiger charge is 2.22. The highest BCUT2D eigenvalue weighted by Crippen LogP contribution is 2.19. The number of aliphatic carboxylic acids is 1. The fourth-order valence-corrected chi connectivity index (χ4v) is 3.63. The Morgan fingerprint density at radius 1 is 1.00 bits per heavy atom. The van der Waals surface area contributed by atoms with E-state index in [9.17, 15) is 19.5 Å². The Hall–Kier alpha value is -3.87. The molecule has 3 N–H and O–H groups in total. The maximum absolute atomic E-state index is 12.5. The molecule has 7 nitrogen and oxygen atoms in total. The van der Waals surface area contributed by atoms with Crippen LogP contribution in [0.3, 0.4) is 0 Å². The summed E-state index contributed by atoms with van der Waals surface area (Å²) in [6.07, 6.45) is 3.50. The van der Waals surface area contributed by atoms with Crippen LogP contribution >= 0.6 is 0 Å². The SMILES string of the molecule is O=C(CCC(=O)n1ccc2ccccc21)NC(Cc1c[nH]c2ccccc12)C(=O)O. The van der Waals surface area contributed by atoms with E-state index in [0.29, 0.717) is 0 Å². The summed E-state index contributed by atoms with van der Waals surface area (Å²) in [6, 6.07) is 15.9. The van der Waals surface area contributed by atoms with E-state index < -0.39 is 17.9 Å². The Kier molecular flexibility index (Phi) is 5.34. The van der Waals surface area contributed by atoms with Crippen LogP contribution in [0.2, 0.25) is 0 Å². The van der Waals surface area contributed by atoms with Crippen LogP contribution in [0.25, 0.3) is 21.8 Å². The molecule has 0 aliphatic heterocycles. The zero-order valence-electron chi connectivity index (χ0n) is 16.2. The van der Waals surface area contributed by atoms with Crippen molar-refractivity contribution in [3.63, 3.8) is 0 Å². The van der Waals surface area contributed by atoms with Crippen LogP contribution in [0, 0.1) is 0 Å². The van der Waals surface area contributed by atoms with Crippen molar-refractivity contribution in [3.05, 3.63) is 72.6 Å². The summed E-state index contributed by atoms with van der Waals surface area (Å²) in [7, 11) is 0. The van der Waals surface area contributed by atoms with Gasteiger partial charge in [-0.3, -0.25) is 14.2 Å². The van der Waals surface area contributed by atoms with Crippen LogP contribution in [-0.4, -0.2) is 38.5 Å². The minimum Gasteiger partial charge on any atom is -0.480 e. The van der Waals surface area contributed by atoms with Gasteiger partial charge in [0.25, 0.3) is 0 Å². The first-order valence-corrected chi connectivity index (χ1v) is 9.69. The average Bonchev–Trinajstić information content (AvgIpc) is 3.36. The Bertz CT molecular complexity index is 1240. The molecular weight excluding hydrogens is 382 g/mol. The number of benzene rings is 2. The molecule has 30 heavy (non-hydrogen) atoms. The van der Waals surface area contributed by atoms with Crippen molar-refractivity contribution >= 4 is 39.6 Å². The van der Waals surface area contributed by atoms with Crippen LogP contribution in [0.1, 0.15) is 23.2 Å². The van der Waals surface area contributed by atoms with Crippen LogP contribution in [0.4, 0.5) is 0 Å². The summed E-state index contributed by atoms with van der Waals surface area (Å²) >= 11 is 0. The smallest absolute Gasteiger partial charge is 0.326 e. The Balaban J connectivity index is 1.39. The molecule has 2 heterocycles. The summed E-state index contributed by atoms with van der Waals surface area (Å²) in [4.78, 5) is 39.6. The number of carboxylic acids is 1. The molecule has 1 atom stereocenters. The van der Waals surface area contributed by atoms with Gasteiger partial charge in [-0.25, -0.2) is 4.79 Å². The van der Waals surface area contributed by atoms with E-state index in [1.807, 2.05) is 54.6 Å². The van der Waals surface area contributed by atoms with Gasteiger partial charge in [-0.05, 0) is 23.8 Å².